The lowest BCUT2D eigenvalue weighted by molar-refractivity contribution is -0.134. The number of carbonyl (C=O) groups excluding carboxylic acids is 1. The third-order valence-corrected chi connectivity index (χ3v) is 4.06. The quantitative estimate of drug-likeness (QED) is 0.631. The van der Waals surface area contributed by atoms with Crippen molar-refractivity contribution in [2.75, 3.05) is 7.11 Å². The monoisotopic (exact) mass is 282 g/mol. The molecule has 0 saturated carbocycles. The summed E-state index contributed by atoms with van der Waals surface area (Å²) >= 11 is 0. The maximum absolute atomic E-state index is 11.9. The smallest absolute Gasteiger partial charge is 0.331 e. The molecule has 0 saturated heterocycles. The topological polar surface area (TPSA) is 60.4 Å². The zero-order chi connectivity index (χ0) is 14.7. The van der Waals surface area contributed by atoms with Gasteiger partial charge in [-0.05, 0) is 23.1 Å². The maximum Gasteiger partial charge on any atom is 0.331 e. The molecule has 0 spiro atoms. The predicted octanol–water partition coefficient (Wildman–Crippen LogP) is 2.44. The van der Waals surface area contributed by atoms with Gasteiger partial charge in [0, 0.05) is 11.5 Å². The number of carbonyl (C=O) groups is 1. The summed E-state index contributed by atoms with van der Waals surface area (Å²) in [7, 11) is -2.42. The van der Waals surface area contributed by atoms with Gasteiger partial charge in [-0.3, -0.25) is 0 Å². The number of hydrogen-bond donors (Lipinski definition) is 0. The molecular weight excluding hydrogens is 264 g/mol. The standard InChI is InChI=1S/C14H18O4S/c1-14(2,3)11-5-7-12(8-6-11)19(16,17)10-9-13(15)18-4/h5-10H,1-4H3/b10-9+. The summed E-state index contributed by atoms with van der Waals surface area (Å²) < 4.78 is 28.2. The summed E-state index contributed by atoms with van der Waals surface area (Å²) in [5.74, 6) is -0.699. The fraction of sp³-hybridized carbons (Fsp3) is 0.357. The van der Waals surface area contributed by atoms with Crippen molar-refractivity contribution >= 4 is 15.8 Å². The number of sulfone groups is 1. The second-order valence-corrected chi connectivity index (χ2v) is 6.98. The molecule has 0 aliphatic heterocycles. The molecule has 0 atom stereocenters. The van der Waals surface area contributed by atoms with Gasteiger partial charge in [-0.1, -0.05) is 32.9 Å². The zero-order valence-electron chi connectivity index (χ0n) is 11.5. The number of methoxy groups -OCH3 is 1. The van der Waals surface area contributed by atoms with E-state index >= 15 is 0 Å². The third kappa shape index (κ3) is 4.21. The van der Waals surface area contributed by atoms with E-state index in [2.05, 4.69) is 4.74 Å². The van der Waals surface area contributed by atoms with Crippen LogP contribution < -0.4 is 0 Å². The molecule has 104 valence electrons. The van der Waals surface area contributed by atoms with Crippen molar-refractivity contribution in [2.24, 2.45) is 0 Å². The average molecular weight is 282 g/mol. The fourth-order valence-electron chi connectivity index (χ4n) is 1.44. The normalized spacial score (nSPS) is 12.6. The minimum Gasteiger partial charge on any atom is -0.466 e. The number of esters is 1. The molecule has 0 fully saturated rings. The molecule has 0 bridgehead atoms. The van der Waals surface area contributed by atoms with Gasteiger partial charge in [0.05, 0.1) is 12.0 Å². The van der Waals surface area contributed by atoms with Gasteiger partial charge in [0.15, 0.2) is 9.84 Å². The Labute approximate surface area is 114 Å². The van der Waals surface area contributed by atoms with E-state index < -0.39 is 15.8 Å². The van der Waals surface area contributed by atoms with Gasteiger partial charge in [-0.25, -0.2) is 13.2 Å². The first-order valence-corrected chi connectivity index (χ1v) is 7.33. The zero-order valence-corrected chi connectivity index (χ0v) is 12.3. The largest absolute Gasteiger partial charge is 0.466 e. The van der Waals surface area contributed by atoms with Crippen LogP contribution in [0.1, 0.15) is 26.3 Å². The Morgan fingerprint density at radius 3 is 2.11 bits per heavy atom. The SMILES string of the molecule is COC(=O)/C=C/S(=O)(=O)c1ccc(C(C)(C)C)cc1. The van der Waals surface area contributed by atoms with E-state index in [1.807, 2.05) is 20.8 Å². The highest BCUT2D eigenvalue weighted by Crippen LogP contribution is 2.23. The molecule has 0 aliphatic rings. The molecule has 4 nitrogen and oxygen atoms in total. The lowest BCUT2D eigenvalue weighted by atomic mass is 9.87. The van der Waals surface area contributed by atoms with E-state index in [4.69, 9.17) is 0 Å². The van der Waals surface area contributed by atoms with E-state index in [1.54, 1.807) is 12.1 Å². The molecule has 1 rings (SSSR count). The molecule has 0 N–H and O–H groups in total. The predicted molar refractivity (Wildman–Crippen MR) is 73.5 cm³/mol. The third-order valence-electron chi connectivity index (χ3n) is 2.63. The Morgan fingerprint density at radius 2 is 1.68 bits per heavy atom. The van der Waals surface area contributed by atoms with E-state index in [0.29, 0.717) is 0 Å². The number of benzene rings is 1. The Bertz CT molecular complexity index is 575. The molecule has 0 heterocycles. The second kappa shape index (κ2) is 5.57. The van der Waals surface area contributed by atoms with E-state index in [-0.39, 0.29) is 10.3 Å². The summed E-state index contributed by atoms with van der Waals surface area (Å²) in [5.41, 5.74) is 1.01. The molecule has 1 aromatic rings. The molecule has 0 aliphatic carbocycles. The first-order chi connectivity index (χ1) is 8.66. The van der Waals surface area contributed by atoms with Gasteiger partial charge < -0.3 is 4.74 Å². The minimum atomic E-state index is -3.61. The van der Waals surface area contributed by atoms with Crippen LogP contribution in [0.2, 0.25) is 0 Å². The summed E-state index contributed by atoms with van der Waals surface area (Å²) in [5, 5.41) is 0.852. The van der Waals surface area contributed by atoms with Crippen molar-refractivity contribution in [1.82, 2.24) is 0 Å². The van der Waals surface area contributed by atoms with E-state index in [0.717, 1.165) is 17.0 Å². The second-order valence-electron chi connectivity index (χ2n) is 5.15. The molecule has 0 aromatic heterocycles. The summed E-state index contributed by atoms with van der Waals surface area (Å²) in [6.45, 7) is 6.15. The van der Waals surface area contributed by atoms with Crippen LogP contribution in [-0.2, 0) is 24.8 Å². The van der Waals surface area contributed by atoms with Gasteiger partial charge in [0.25, 0.3) is 0 Å². The molecular formula is C14H18O4S. The molecule has 1 aromatic carbocycles. The molecule has 0 amide bonds. The van der Waals surface area contributed by atoms with Crippen LogP contribution in [0, 0.1) is 0 Å². The van der Waals surface area contributed by atoms with Gasteiger partial charge in [-0.2, -0.15) is 0 Å². The highest BCUT2D eigenvalue weighted by molar-refractivity contribution is 7.94. The van der Waals surface area contributed by atoms with Crippen molar-refractivity contribution < 1.29 is 17.9 Å². The highest BCUT2D eigenvalue weighted by Gasteiger charge is 2.16. The Morgan fingerprint density at radius 1 is 1.16 bits per heavy atom. The molecule has 19 heavy (non-hydrogen) atoms. The van der Waals surface area contributed by atoms with Crippen LogP contribution in [0.5, 0.6) is 0 Å². The summed E-state index contributed by atoms with van der Waals surface area (Å²) in [4.78, 5) is 11.1. The van der Waals surface area contributed by atoms with Crippen molar-refractivity contribution in [3.05, 3.63) is 41.3 Å². The van der Waals surface area contributed by atoms with Crippen LogP contribution >= 0.6 is 0 Å². The van der Waals surface area contributed by atoms with Crippen molar-refractivity contribution in [3.63, 3.8) is 0 Å². The van der Waals surface area contributed by atoms with Crippen LogP contribution in [0.4, 0.5) is 0 Å². The van der Waals surface area contributed by atoms with Crippen LogP contribution in [0.15, 0.2) is 40.6 Å². The van der Waals surface area contributed by atoms with Crippen molar-refractivity contribution in [1.29, 1.82) is 0 Å². The molecule has 0 unspecified atom stereocenters. The first kappa shape index (κ1) is 15.4. The molecule has 0 radical (unpaired) electrons. The average Bonchev–Trinajstić information content (AvgIpc) is 2.35. The van der Waals surface area contributed by atoms with Gasteiger partial charge in [0.2, 0.25) is 0 Å². The van der Waals surface area contributed by atoms with Crippen molar-refractivity contribution in [3.8, 4) is 0 Å². The molecule has 5 heteroatoms. The Balaban J connectivity index is 3.04. The van der Waals surface area contributed by atoms with Gasteiger partial charge >= 0.3 is 5.97 Å². The lowest BCUT2D eigenvalue weighted by Crippen LogP contribution is -2.11. The fourth-order valence-corrected chi connectivity index (χ4v) is 2.40. The number of ether oxygens (including phenoxy) is 1. The van der Waals surface area contributed by atoms with Crippen LogP contribution in [-0.4, -0.2) is 21.5 Å². The van der Waals surface area contributed by atoms with Crippen LogP contribution in [0.3, 0.4) is 0 Å². The highest BCUT2D eigenvalue weighted by atomic mass is 32.2. The van der Waals surface area contributed by atoms with Gasteiger partial charge in [0.1, 0.15) is 0 Å². The summed E-state index contributed by atoms with van der Waals surface area (Å²) in [6, 6.07) is 6.63. The van der Waals surface area contributed by atoms with Gasteiger partial charge in [-0.15, -0.1) is 0 Å². The van der Waals surface area contributed by atoms with Crippen molar-refractivity contribution in [2.45, 2.75) is 31.1 Å². The Kier molecular flexibility index (Phi) is 4.52. The number of hydrogen-bond acceptors (Lipinski definition) is 4. The van der Waals surface area contributed by atoms with Crippen LogP contribution in [0.25, 0.3) is 0 Å². The number of rotatable bonds is 3. The summed E-state index contributed by atoms with van der Waals surface area (Å²) in [6.07, 6.45) is 0.896. The van der Waals surface area contributed by atoms with E-state index in [9.17, 15) is 13.2 Å². The van der Waals surface area contributed by atoms with E-state index in [1.165, 1.54) is 19.2 Å². The minimum absolute atomic E-state index is 0.0376. The first-order valence-electron chi connectivity index (χ1n) is 5.78. The Hall–Kier alpha value is -1.62. The lowest BCUT2D eigenvalue weighted by Gasteiger charge is -2.18. The maximum atomic E-state index is 11.9.